The van der Waals surface area contributed by atoms with Crippen molar-refractivity contribution in [2.75, 3.05) is 11.9 Å². The van der Waals surface area contributed by atoms with Gasteiger partial charge in [0.25, 0.3) is 0 Å². The number of hydrogen-bond acceptors (Lipinski definition) is 3. The Labute approximate surface area is 186 Å². The van der Waals surface area contributed by atoms with E-state index in [1.54, 1.807) is 30.3 Å². The Bertz CT molecular complexity index is 1280. The third-order valence-corrected chi connectivity index (χ3v) is 5.60. The van der Waals surface area contributed by atoms with Gasteiger partial charge >= 0.3 is 5.97 Å². The Balaban J connectivity index is 1.63. The predicted octanol–water partition coefficient (Wildman–Crippen LogP) is 4.84. The molecule has 4 aromatic carbocycles. The van der Waals surface area contributed by atoms with E-state index >= 15 is 0 Å². The van der Waals surface area contributed by atoms with Gasteiger partial charge in [0.15, 0.2) is 0 Å². The smallest absolute Gasteiger partial charge is 0.335 e. The molecule has 32 heavy (non-hydrogen) atoms. The summed E-state index contributed by atoms with van der Waals surface area (Å²) in [6.07, 6.45) is 0.358. The van der Waals surface area contributed by atoms with Crippen LogP contribution in [0.3, 0.4) is 0 Å². The van der Waals surface area contributed by atoms with Crippen molar-refractivity contribution in [2.45, 2.75) is 12.3 Å². The Hall–Kier alpha value is -3.96. The fourth-order valence-corrected chi connectivity index (χ4v) is 3.98. The lowest BCUT2D eigenvalue weighted by Crippen LogP contribution is -2.24. The molecule has 1 amide bonds. The quantitative estimate of drug-likeness (QED) is 0.395. The van der Waals surface area contributed by atoms with Crippen LogP contribution in [0.15, 0.2) is 91.0 Å². The minimum atomic E-state index is -0.988. The van der Waals surface area contributed by atoms with Gasteiger partial charge in [-0.2, -0.15) is 0 Å². The molecule has 0 saturated carbocycles. The number of benzene rings is 4. The summed E-state index contributed by atoms with van der Waals surface area (Å²) in [4.78, 5) is 24.8. The Morgan fingerprint density at radius 3 is 2.22 bits per heavy atom. The number of anilines is 1. The monoisotopic (exact) mass is 425 g/mol. The minimum Gasteiger partial charge on any atom is -0.478 e. The fourth-order valence-electron chi connectivity index (χ4n) is 3.98. The molecule has 0 spiro atoms. The topological polar surface area (TPSA) is 86.6 Å². The number of nitrogens with one attached hydrogen (secondary N) is 1. The second-order valence-corrected chi connectivity index (χ2v) is 7.59. The molecule has 1 unspecified atom stereocenters. The Morgan fingerprint density at radius 2 is 1.44 bits per heavy atom. The largest absolute Gasteiger partial charge is 0.478 e. The number of carbonyl (C=O) groups is 2. The zero-order valence-electron chi connectivity index (χ0n) is 17.4. The lowest BCUT2D eigenvalue weighted by molar-refractivity contribution is -0.118. The number of aliphatic hydroxyl groups is 1. The maximum absolute atomic E-state index is 13.2. The molecule has 160 valence electrons. The van der Waals surface area contributed by atoms with Crippen LogP contribution in [0.2, 0.25) is 0 Å². The summed E-state index contributed by atoms with van der Waals surface area (Å²) in [6.45, 7) is -0.330. The van der Waals surface area contributed by atoms with E-state index in [-0.39, 0.29) is 18.1 Å². The van der Waals surface area contributed by atoms with Crippen LogP contribution in [0, 0.1) is 0 Å². The predicted molar refractivity (Wildman–Crippen MR) is 125 cm³/mol. The van der Waals surface area contributed by atoms with Gasteiger partial charge in [-0.05, 0) is 39.6 Å². The molecule has 0 aliphatic heterocycles. The van der Waals surface area contributed by atoms with Crippen molar-refractivity contribution in [2.24, 2.45) is 0 Å². The van der Waals surface area contributed by atoms with Crippen LogP contribution < -0.4 is 5.32 Å². The molecule has 5 heteroatoms. The fraction of sp³-hybridized carbons (Fsp3) is 0.111. The molecule has 3 N–H and O–H groups in total. The Kier molecular flexibility index (Phi) is 6.29. The molecule has 0 heterocycles. The van der Waals surface area contributed by atoms with E-state index in [4.69, 9.17) is 0 Å². The number of amides is 1. The second kappa shape index (κ2) is 9.45. The summed E-state index contributed by atoms with van der Waals surface area (Å²) in [6, 6.07) is 27.6. The molecule has 5 nitrogen and oxygen atoms in total. The van der Waals surface area contributed by atoms with E-state index in [0.29, 0.717) is 17.7 Å². The number of carboxylic acid groups (broad SMARTS) is 1. The first-order valence-electron chi connectivity index (χ1n) is 10.4. The first kappa shape index (κ1) is 21.3. The Morgan fingerprint density at radius 1 is 0.781 bits per heavy atom. The van der Waals surface area contributed by atoms with Gasteiger partial charge in [0.2, 0.25) is 5.91 Å². The van der Waals surface area contributed by atoms with Gasteiger partial charge in [-0.15, -0.1) is 0 Å². The highest BCUT2D eigenvalue weighted by Crippen LogP contribution is 2.28. The summed E-state index contributed by atoms with van der Waals surface area (Å²) >= 11 is 0. The van der Waals surface area contributed by atoms with Crippen LogP contribution in [0.4, 0.5) is 5.69 Å². The van der Waals surface area contributed by atoms with Crippen molar-refractivity contribution < 1.29 is 19.8 Å². The first-order chi connectivity index (χ1) is 15.6. The van der Waals surface area contributed by atoms with Crippen molar-refractivity contribution in [1.82, 2.24) is 0 Å². The summed E-state index contributed by atoms with van der Waals surface area (Å²) in [5, 5.41) is 24.4. The zero-order chi connectivity index (χ0) is 22.5. The first-order valence-corrected chi connectivity index (χ1v) is 10.4. The van der Waals surface area contributed by atoms with Crippen molar-refractivity contribution in [3.8, 4) is 0 Å². The minimum absolute atomic E-state index is 0.234. The lowest BCUT2D eigenvalue weighted by atomic mass is 9.93. The molecule has 0 aliphatic carbocycles. The zero-order valence-corrected chi connectivity index (χ0v) is 17.4. The molecule has 0 radical (unpaired) electrons. The van der Waals surface area contributed by atoms with Crippen LogP contribution in [0.1, 0.15) is 33.0 Å². The number of aromatic carboxylic acids is 1. The second-order valence-electron chi connectivity index (χ2n) is 7.59. The summed E-state index contributed by atoms with van der Waals surface area (Å²) < 4.78 is 0. The number of fused-ring (bicyclic) bond motifs is 1. The van der Waals surface area contributed by atoms with Crippen LogP contribution in [-0.2, 0) is 11.2 Å². The number of rotatable bonds is 7. The number of hydrogen-bond donors (Lipinski definition) is 3. The van der Waals surface area contributed by atoms with Crippen LogP contribution >= 0.6 is 0 Å². The molecule has 4 aromatic rings. The van der Waals surface area contributed by atoms with Crippen molar-refractivity contribution >= 4 is 28.3 Å². The average molecular weight is 425 g/mol. The molecule has 0 fully saturated rings. The molecule has 0 aliphatic rings. The lowest BCUT2D eigenvalue weighted by Gasteiger charge is -2.19. The molecule has 0 aromatic heterocycles. The molecule has 0 saturated heterocycles. The number of para-hydroxylation sites is 1. The van der Waals surface area contributed by atoms with Gasteiger partial charge in [0.1, 0.15) is 0 Å². The van der Waals surface area contributed by atoms with Gasteiger partial charge in [-0.3, -0.25) is 4.79 Å². The van der Waals surface area contributed by atoms with Gasteiger partial charge in [-0.25, -0.2) is 4.79 Å². The van der Waals surface area contributed by atoms with Gasteiger partial charge < -0.3 is 15.5 Å². The number of carbonyl (C=O) groups excluding carboxylic acids is 1. The molecular weight excluding hydrogens is 402 g/mol. The van der Waals surface area contributed by atoms with Crippen LogP contribution in [0.5, 0.6) is 0 Å². The normalized spacial score (nSPS) is 11.8. The molecule has 0 bridgehead atoms. The SMILES string of the molecule is O=C(O)c1ccccc1Cc1ccccc1NC(=O)C(CO)c1cccc2ccccc12. The maximum Gasteiger partial charge on any atom is 0.335 e. The van der Waals surface area contributed by atoms with Gasteiger partial charge in [0.05, 0.1) is 18.1 Å². The third-order valence-electron chi connectivity index (χ3n) is 5.60. The van der Waals surface area contributed by atoms with Crippen molar-refractivity contribution in [1.29, 1.82) is 0 Å². The van der Waals surface area contributed by atoms with Crippen molar-refractivity contribution in [3.63, 3.8) is 0 Å². The van der Waals surface area contributed by atoms with Crippen molar-refractivity contribution in [3.05, 3.63) is 113 Å². The standard InChI is InChI=1S/C27H23NO4/c29-17-24(23-14-7-11-18-8-1-4-12-21(18)23)26(30)28-25-15-6-3-10-20(25)16-19-9-2-5-13-22(19)27(31)32/h1-15,24,29H,16-17H2,(H,28,30)(H,31,32). The number of carboxylic acids is 1. The van der Waals surface area contributed by atoms with E-state index < -0.39 is 11.9 Å². The third kappa shape index (κ3) is 4.38. The summed E-state index contributed by atoms with van der Waals surface area (Å²) in [5.41, 5.74) is 3.05. The molecular formula is C27H23NO4. The molecule has 1 atom stereocenters. The average Bonchev–Trinajstić information content (AvgIpc) is 2.81. The number of aliphatic hydroxyl groups excluding tert-OH is 1. The summed E-state index contributed by atoms with van der Waals surface area (Å²) in [5.74, 6) is -2.04. The van der Waals surface area contributed by atoms with E-state index in [9.17, 15) is 19.8 Å². The van der Waals surface area contributed by atoms with Crippen LogP contribution in [-0.4, -0.2) is 28.7 Å². The maximum atomic E-state index is 13.2. The van der Waals surface area contributed by atoms with Crippen LogP contribution in [0.25, 0.3) is 10.8 Å². The van der Waals surface area contributed by atoms with E-state index in [0.717, 1.165) is 21.9 Å². The van der Waals surface area contributed by atoms with Gasteiger partial charge in [-0.1, -0.05) is 78.9 Å². The molecule has 4 rings (SSSR count). The van der Waals surface area contributed by atoms with E-state index in [1.165, 1.54) is 0 Å². The van der Waals surface area contributed by atoms with E-state index in [1.807, 2.05) is 60.7 Å². The summed E-state index contributed by atoms with van der Waals surface area (Å²) in [7, 11) is 0. The highest BCUT2D eigenvalue weighted by molar-refractivity contribution is 6.00. The van der Waals surface area contributed by atoms with E-state index in [2.05, 4.69) is 5.32 Å². The van der Waals surface area contributed by atoms with Gasteiger partial charge in [0, 0.05) is 12.1 Å². The highest BCUT2D eigenvalue weighted by atomic mass is 16.4. The highest BCUT2D eigenvalue weighted by Gasteiger charge is 2.23.